The molecule has 0 saturated carbocycles. The summed E-state index contributed by atoms with van der Waals surface area (Å²) in [5, 5.41) is 0. The Labute approximate surface area is 108 Å². The molecule has 0 aromatic carbocycles. The molecule has 1 aliphatic heterocycles. The maximum atomic E-state index is 11.4. The Morgan fingerprint density at radius 3 is 2.78 bits per heavy atom. The fourth-order valence-corrected chi connectivity index (χ4v) is 3.98. The minimum Gasteiger partial charge on any atom is -0.326 e. The molecule has 2 heterocycles. The topological polar surface area (TPSA) is 76.3 Å². The highest BCUT2D eigenvalue weighted by Gasteiger charge is 2.30. The van der Waals surface area contributed by atoms with E-state index in [1.165, 1.54) is 0 Å². The predicted octanol–water partition coefficient (Wildman–Crippen LogP) is 0.159. The minimum absolute atomic E-state index is 0.117. The van der Waals surface area contributed by atoms with E-state index in [2.05, 4.69) is 9.88 Å². The van der Waals surface area contributed by atoms with Crippen LogP contribution in [0.5, 0.6) is 0 Å². The summed E-state index contributed by atoms with van der Waals surface area (Å²) in [6.45, 7) is 1.16. The van der Waals surface area contributed by atoms with E-state index in [1.807, 2.05) is 19.2 Å². The Hall–Kier alpha value is -0.980. The summed E-state index contributed by atoms with van der Waals surface area (Å²) < 4.78 is 22.9. The van der Waals surface area contributed by atoms with Gasteiger partial charge in [-0.3, -0.25) is 9.88 Å². The summed E-state index contributed by atoms with van der Waals surface area (Å²) in [6.07, 6.45) is 2.49. The Kier molecular flexibility index (Phi) is 3.99. The molecule has 1 aromatic heterocycles. The predicted molar refractivity (Wildman–Crippen MR) is 70.7 cm³/mol. The van der Waals surface area contributed by atoms with E-state index in [9.17, 15) is 8.42 Å². The number of rotatable bonds is 4. The fourth-order valence-electron chi connectivity index (χ4n) is 2.18. The van der Waals surface area contributed by atoms with Crippen LogP contribution in [0.25, 0.3) is 0 Å². The molecule has 0 bridgehead atoms. The smallest absolute Gasteiger partial charge is 0.151 e. The number of pyridine rings is 1. The SMILES string of the molecule is CN(Cc1ccc(CN)cn1)C1CCS(=O)(=O)C1. The van der Waals surface area contributed by atoms with E-state index in [1.54, 1.807) is 6.20 Å². The van der Waals surface area contributed by atoms with Crippen molar-refractivity contribution in [2.45, 2.75) is 25.6 Å². The van der Waals surface area contributed by atoms with Crippen molar-refractivity contribution in [1.29, 1.82) is 0 Å². The van der Waals surface area contributed by atoms with Crippen molar-refractivity contribution in [3.8, 4) is 0 Å². The third-order valence-corrected chi connectivity index (χ3v) is 5.12. The number of sulfone groups is 1. The lowest BCUT2D eigenvalue weighted by Crippen LogP contribution is -2.32. The van der Waals surface area contributed by atoms with Crippen LogP contribution in [0.15, 0.2) is 18.3 Å². The average molecular weight is 269 g/mol. The monoisotopic (exact) mass is 269 g/mol. The minimum atomic E-state index is -2.82. The third-order valence-electron chi connectivity index (χ3n) is 3.36. The van der Waals surface area contributed by atoms with Gasteiger partial charge in [-0.05, 0) is 25.1 Å². The first kappa shape index (κ1) is 13.5. The van der Waals surface area contributed by atoms with Gasteiger partial charge in [0, 0.05) is 25.3 Å². The summed E-state index contributed by atoms with van der Waals surface area (Å²) in [6, 6.07) is 4.02. The van der Waals surface area contributed by atoms with Crippen molar-refractivity contribution in [1.82, 2.24) is 9.88 Å². The van der Waals surface area contributed by atoms with Gasteiger partial charge in [-0.2, -0.15) is 0 Å². The first-order chi connectivity index (χ1) is 8.50. The molecule has 0 radical (unpaired) electrons. The molecule has 1 unspecified atom stereocenters. The number of hydrogen-bond acceptors (Lipinski definition) is 5. The second-order valence-corrected chi connectivity index (χ2v) is 7.06. The van der Waals surface area contributed by atoms with E-state index in [0.717, 1.165) is 17.7 Å². The van der Waals surface area contributed by atoms with Crippen molar-refractivity contribution in [2.24, 2.45) is 5.73 Å². The molecule has 1 atom stereocenters. The van der Waals surface area contributed by atoms with Crippen molar-refractivity contribution in [2.75, 3.05) is 18.6 Å². The summed E-state index contributed by atoms with van der Waals surface area (Å²) >= 11 is 0. The van der Waals surface area contributed by atoms with E-state index in [0.29, 0.717) is 18.8 Å². The van der Waals surface area contributed by atoms with Gasteiger partial charge in [0.1, 0.15) is 0 Å². The highest BCUT2D eigenvalue weighted by atomic mass is 32.2. The standard InChI is InChI=1S/C12H19N3O2S/c1-15(12-4-5-18(16,17)9-12)8-11-3-2-10(6-13)7-14-11/h2-3,7,12H,4-6,8-9,13H2,1H3. The normalized spacial score (nSPS) is 22.5. The maximum Gasteiger partial charge on any atom is 0.151 e. The van der Waals surface area contributed by atoms with Crippen LogP contribution in [0, 0.1) is 0 Å². The molecule has 6 heteroatoms. The number of nitrogens with zero attached hydrogens (tertiary/aromatic N) is 2. The highest BCUT2D eigenvalue weighted by molar-refractivity contribution is 7.91. The molecular weight excluding hydrogens is 250 g/mol. The molecule has 100 valence electrons. The summed E-state index contributed by atoms with van der Waals surface area (Å²) in [5.41, 5.74) is 7.46. The van der Waals surface area contributed by atoms with Crippen LogP contribution in [0.3, 0.4) is 0 Å². The summed E-state index contributed by atoms with van der Waals surface area (Å²) in [7, 11) is -0.874. The Balaban J connectivity index is 1.96. The van der Waals surface area contributed by atoms with Crippen LogP contribution in [-0.2, 0) is 22.9 Å². The van der Waals surface area contributed by atoms with E-state index < -0.39 is 9.84 Å². The summed E-state index contributed by atoms with van der Waals surface area (Å²) in [4.78, 5) is 6.39. The Morgan fingerprint density at radius 2 is 2.28 bits per heavy atom. The van der Waals surface area contributed by atoms with Crippen molar-refractivity contribution in [3.05, 3.63) is 29.6 Å². The zero-order chi connectivity index (χ0) is 13.2. The quantitative estimate of drug-likeness (QED) is 0.842. The Bertz CT molecular complexity index is 499. The second kappa shape index (κ2) is 5.34. The van der Waals surface area contributed by atoms with Crippen molar-refractivity contribution < 1.29 is 8.42 Å². The zero-order valence-corrected chi connectivity index (χ0v) is 11.4. The number of hydrogen-bond donors (Lipinski definition) is 1. The molecule has 1 fully saturated rings. The summed E-state index contributed by atoms with van der Waals surface area (Å²) in [5.74, 6) is 0.575. The van der Waals surface area contributed by atoms with Gasteiger partial charge in [0.15, 0.2) is 9.84 Å². The van der Waals surface area contributed by atoms with Gasteiger partial charge in [0.05, 0.1) is 17.2 Å². The van der Waals surface area contributed by atoms with E-state index >= 15 is 0 Å². The molecule has 1 aliphatic rings. The largest absolute Gasteiger partial charge is 0.326 e. The molecule has 2 rings (SSSR count). The third kappa shape index (κ3) is 3.28. The first-order valence-corrected chi connectivity index (χ1v) is 7.87. The molecule has 2 N–H and O–H groups in total. The van der Waals surface area contributed by atoms with Crippen molar-refractivity contribution in [3.63, 3.8) is 0 Å². The van der Waals surface area contributed by atoms with Gasteiger partial charge in [-0.15, -0.1) is 0 Å². The van der Waals surface area contributed by atoms with E-state index in [4.69, 9.17) is 5.73 Å². The van der Waals surface area contributed by atoms with Gasteiger partial charge in [0.25, 0.3) is 0 Å². The molecule has 0 amide bonds. The van der Waals surface area contributed by atoms with Crippen LogP contribution >= 0.6 is 0 Å². The van der Waals surface area contributed by atoms with E-state index in [-0.39, 0.29) is 11.8 Å². The first-order valence-electron chi connectivity index (χ1n) is 6.05. The van der Waals surface area contributed by atoms with Crippen LogP contribution in [0.1, 0.15) is 17.7 Å². The molecule has 0 spiro atoms. The zero-order valence-electron chi connectivity index (χ0n) is 10.5. The number of nitrogens with two attached hydrogens (primary N) is 1. The lowest BCUT2D eigenvalue weighted by atomic mass is 10.2. The molecule has 18 heavy (non-hydrogen) atoms. The van der Waals surface area contributed by atoms with Crippen molar-refractivity contribution >= 4 is 9.84 Å². The number of aromatic nitrogens is 1. The molecule has 1 aromatic rings. The van der Waals surface area contributed by atoms with Gasteiger partial charge >= 0.3 is 0 Å². The highest BCUT2D eigenvalue weighted by Crippen LogP contribution is 2.17. The van der Waals surface area contributed by atoms with Crippen LogP contribution < -0.4 is 5.73 Å². The average Bonchev–Trinajstić information content (AvgIpc) is 2.71. The fraction of sp³-hybridized carbons (Fsp3) is 0.583. The second-order valence-electron chi connectivity index (χ2n) is 4.83. The lowest BCUT2D eigenvalue weighted by Gasteiger charge is -2.22. The van der Waals surface area contributed by atoms with Gasteiger partial charge in [-0.25, -0.2) is 8.42 Å². The van der Waals surface area contributed by atoms with Crippen LogP contribution in [-0.4, -0.2) is 42.9 Å². The maximum absolute atomic E-state index is 11.4. The van der Waals surface area contributed by atoms with Gasteiger partial charge in [0.2, 0.25) is 0 Å². The molecule has 0 aliphatic carbocycles. The van der Waals surface area contributed by atoms with Crippen LogP contribution in [0.4, 0.5) is 0 Å². The van der Waals surface area contributed by atoms with Crippen LogP contribution in [0.2, 0.25) is 0 Å². The molecule has 5 nitrogen and oxygen atoms in total. The van der Waals surface area contributed by atoms with Gasteiger partial charge in [-0.1, -0.05) is 6.07 Å². The molecule has 1 saturated heterocycles. The molecular formula is C12H19N3O2S. The lowest BCUT2D eigenvalue weighted by molar-refractivity contribution is 0.251. The van der Waals surface area contributed by atoms with Gasteiger partial charge < -0.3 is 5.73 Å². The Morgan fingerprint density at radius 1 is 1.50 bits per heavy atom.